The van der Waals surface area contributed by atoms with Gasteiger partial charge < -0.3 is 0 Å². The lowest BCUT2D eigenvalue weighted by atomic mass is 10.2. The van der Waals surface area contributed by atoms with E-state index in [9.17, 15) is 10.1 Å². The summed E-state index contributed by atoms with van der Waals surface area (Å²) in [6.07, 6.45) is 1.62. The van der Waals surface area contributed by atoms with Gasteiger partial charge >= 0.3 is 0 Å². The van der Waals surface area contributed by atoms with Gasteiger partial charge in [-0.25, -0.2) is 4.68 Å². The van der Waals surface area contributed by atoms with Crippen molar-refractivity contribution in [3.63, 3.8) is 0 Å². The van der Waals surface area contributed by atoms with Crippen molar-refractivity contribution in [2.24, 2.45) is 0 Å². The minimum absolute atomic E-state index is 0.0768. The van der Waals surface area contributed by atoms with Crippen LogP contribution in [0.5, 0.6) is 0 Å². The van der Waals surface area contributed by atoms with Gasteiger partial charge in [0.05, 0.1) is 22.2 Å². The van der Waals surface area contributed by atoms with E-state index in [1.165, 1.54) is 22.9 Å². The number of hydrogen-bond acceptors (Lipinski definition) is 4. The minimum atomic E-state index is -0.493. The largest absolute Gasteiger partial charge is 0.294 e. The highest BCUT2D eigenvalue weighted by atomic mass is 16.6. The number of nitro groups is 1. The van der Waals surface area contributed by atoms with E-state index in [0.29, 0.717) is 11.3 Å². The van der Waals surface area contributed by atoms with E-state index in [4.69, 9.17) is 5.26 Å². The molecule has 0 saturated carbocycles. The fourth-order valence-electron chi connectivity index (χ4n) is 1.48. The molecule has 1 heterocycles. The first-order chi connectivity index (χ1) is 8.11. The predicted octanol–water partition coefficient (Wildman–Crippen LogP) is 1.96. The average molecular weight is 228 g/mol. The molecule has 1 aromatic heterocycles. The fourth-order valence-corrected chi connectivity index (χ4v) is 1.48. The van der Waals surface area contributed by atoms with E-state index in [1.54, 1.807) is 19.2 Å². The van der Waals surface area contributed by atoms with E-state index in [1.807, 2.05) is 6.07 Å². The van der Waals surface area contributed by atoms with Gasteiger partial charge in [0.1, 0.15) is 5.69 Å². The summed E-state index contributed by atoms with van der Waals surface area (Å²) in [5.41, 5.74) is 1.33. The molecule has 0 fully saturated rings. The van der Waals surface area contributed by atoms with E-state index in [0.717, 1.165) is 5.69 Å². The summed E-state index contributed by atoms with van der Waals surface area (Å²) in [5.74, 6) is 0. The maximum atomic E-state index is 10.9. The first kappa shape index (κ1) is 10.8. The molecule has 6 heteroatoms. The molecule has 17 heavy (non-hydrogen) atoms. The zero-order chi connectivity index (χ0) is 12.4. The Labute approximate surface area is 96.9 Å². The number of aromatic nitrogens is 2. The zero-order valence-electron chi connectivity index (χ0n) is 8.99. The van der Waals surface area contributed by atoms with Gasteiger partial charge in [0.25, 0.3) is 5.69 Å². The third-order valence-electron chi connectivity index (χ3n) is 2.27. The second-order valence-electron chi connectivity index (χ2n) is 3.47. The highest BCUT2D eigenvalue weighted by molar-refractivity contribution is 5.56. The lowest BCUT2D eigenvalue weighted by molar-refractivity contribution is -0.384. The standard InChI is InChI=1S/C11H8N4O2/c1-8-4-5-14(13-8)11-6-9(7-12)2-3-10(11)15(16)17/h2-6H,1H3. The highest BCUT2D eigenvalue weighted by Crippen LogP contribution is 2.23. The lowest BCUT2D eigenvalue weighted by Crippen LogP contribution is -2.01. The third-order valence-corrected chi connectivity index (χ3v) is 2.27. The number of aryl methyl sites for hydroxylation is 1. The quantitative estimate of drug-likeness (QED) is 0.580. The molecule has 0 aliphatic rings. The van der Waals surface area contributed by atoms with Crippen LogP contribution in [0.3, 0.4) is 0 Å². The van der Waals surface area contributed by atoms with Crippen LogP contribution in [0.1, 0.15) is 11.3 Å². The van der Waals surface area contributed by atoms with Crippen LogP contribution in [-0.2, 0) is 0 Å². The second kappa shape index (κ2) is 4.06. The molecule has 84 valence electrons. The van der Waals surface area contributed by atoms with Crippen LogP contribution in [0.4, 0.5) is 5.69 Å². The number of nitro benzene ring substituents is 1. The smallest absolute Gasteiger partial charge is 0.258 e. The van der Waals surface area contributed by atoms with Crippen molar-refractivity contribution in [2.75, 3.05) is 0 Å². The summed E-state index contributed by atoms with van der Waals surface area (Å²) in [5, 5.41) is 23.8. The Morgan fingerprint density at radius 1 is 1.47 bits per heavy atom. The Hall–Kier alpha value is -2.68. The van der Waals surface area contributed by atoms with Crippen molar-refractivity contribution < 1.29 is 4.92 Å². The van der Waals surface area contributed by atoms with Crippen molar-refractivity contribution in [3.8, 4) is 11.8 Å². The van der Waals surface area contributed by atoms with E-state index < -0.39 is 4.92 Å². The number of hydrogen-bond donors (Lipinski definition) is 0. The molecule has 0 atom stereocenters. The number of rotatable bonds is 2. The Bertz CT molecular complexity index is 625. The summed E-state index contributed by atoms with van der Waals surface area (Å²) >= 11 is 0. The first-order valence-electron chi connectivity index (χ1n) is 4.83. The van der Waals surface area contributed by atoms with Crippen LogP contribution in [0, 0.1) is 28.4 Å². The van der Waals surface area contributed by atoms with Crippen LogP contribution in [0.25, 0.3) is 5.69 Å². The molecule has 0 radical (unpaired) electrons. The van der Waals surface area contributed by atoms with Gasteiger partial charge in [0, 0.05) is 12.3 Å². The molecular weight excluding hydrogens is 220 g/mol. The Morgan fingerprint density at radius 3 is 2.76 bits per heavy atom. The fraction of sp³-hybridized carbons (Fsp3) is 0.0909. The van der Waals surface area contributed by atoms with E-state index in [2.05, 4.69) is 5.10 Å². The molecule has 0 aliphatic carbocycles. The maximum Gasteiger partial charge on any atom is 0.294 e. The lowest BCUT2D eigenvalue weighted by Gasteiger charge is -2.03. The normalized spacial score (nSPS) is 9.88. The minimum Gasteiger partial charge on any atom is -0.258 e. The molecule has 1 aromatic carbocycles. The van der Waals surface area contributed by atoms with Crippen LogP contribution >= 0.6 is 0 Å². The summed E-state index contributed by atoms with van der Waals surface area (Å²) < 4.78 is 1.40. The number of nitriles is 1. The predicted molar refractivity (Wildman–Crippen MR) is 59.7 cm³/mol. The van der Waals surface area contributed by atoms with Crippen LogP contribution < -0.4 is 0 Å². The summed E-state index contributed by atoms with van der Waals surface area (Å²) in [6.45, 7) is 1.79. The average Bonchev–Trinajstić information content (AvgIpc) is 2.75. The zero-order valence-corrected chi connectivity index (χ0v) is 8.99. The number of benzene rings is 1. The van der Waals surface area contributed by atoms with E-state index in [-0.39, 0.29) is 5.69 Å². The Balaban J connectivity index is 2.65. The van der Waals surface area contributed by atoms with Crippen LogP contribution in [-0.4, -0.2) is 14.7 Å². The van der Waals surface area contributed by atoms with Gasteiger partial charge in [-0.3, -0.25) is 10.1 Å². The Kier molecular flexibility index (Phi) is 2.58. The SMILES string of the molecule is Cc1ccn(-c2cc(C#N)ccc2[N+](=O)[O-])n1. The van der Waals surface area contributed by atoms with Gasteiger partial charge in [-0.15, -0.1) is 0 Å². The monoisotopic (exact) mass is 228 g/mol. The van der Waals surface area contributed by atoms with Gasteiger partial charge in [-0.2, -0.15) is 10.4 Å². The molecule has 0 amide bonds. The third kappa shape index (κ3) is 1.99. The van der Waals surface area contributed by atoms with Crippen LogP contribution in [0.2, 0.25) is 0 Å². The summed E-state index contributed by atoms with van der Waals surface area (Å²) in [7, 11) is 0. The van der Waals surface area contributed by atoms with Gasteiger partial charge in [-0.1, -0.05) is 0 Å². The molecule has 2 aromatic rings. The van der Waals surface area contributed by atoms with Gasteiger partial charge in [-0.05, 0) is 25.1 Å². The van der Waals surface area contributed by atoms with E-state index >= 15 is 0 Å². The van der Waals surface area contributed by atoms with Crippen molar-refractivity contribution in [1.82, 2.24) is 9.78 Å². The van der Waals surface area contributed by atoms with Crippen molar-refractivity contribution in [3.05, 3.63) is 51.8 Å². The number of nitrogens with zero attached hydrogens (tertiary/aromatic N) is 4. The summed E-state index contributed by atoms with van der Waals surface area (Å²) in [6, 6.07) is 7.86. The molecule has 6 nitrogen and oxygen atoms in total. The topological polar surface area (TPSA) is 84.8 Å². The molecule has 0 spiro atoms. The molecular formula is C11H8N4O2. The van der Waals surface area contributed by atoms with Crippen molar-refractivity contribution >= 4 is 5.69 Å². The van der Waals surface area contributed by atoms with Crippen LogP contribution in [0.15, 0.2) is 30.5 Å². The second-order valence-corrected chi connectivity index (χ2v) is 3.47. The molecule has 0 unspecified atom stereocenters. The first-order valence-corrected chi connectivity index (χ1v) is 4.83. The molecule has 0 bridgehead atoms. The van der Waals surface area contributed by atoms with Crippen molar-refractivity contribution in [1.29, 1.82) is 5.26 Å². The molecule has 0 aliphatic heterocycles. The van der Waals surface area contributed by atoms with Gasteiger partial charge in [0.15, 0.2) is 0 Å². The Morgan fingerprint density at radius 2 is 2.24 bits per heavy atom. The van der Waals surface area contributed by atoms with Crippen molar-refractivity contribution in [2.45, 2.75) is 6.92 Å². The molecule has 0 N–H and O–H groups in total. The summed E-state index contributed by atoms with van der Waals surface area (Å²) in [4.78, 5) is 10.4. The highest BCUT2D eigenvalue weighted by Gasteiger charge is 2.16. The maximum absolute atomic E-state index is 10.9. The molecule has 0 saturated heterocycles. The molecule has 2 rings (SSSR count). The van der Waals surface area contributed by atoms with Gasteiger partial charge in [0.2, 0.25) is 0 Å².